The van der Waals surface area contributed by atoms with E-state index in [1.54, 1.807) is 17.3 Å². The Balaban J connectivity index is 1.28. The Morgan fingerprint density at radius 3 is 2.50 bits per heavy atom. The Morgan fingerprint density at radius 2 is 1.84 bits per heavy atom. The van der Waals surface area contributed by atoms with E-state index in [0.717, 1.165) is 64.7 Å². The van der Waals surface area contributed by atoms with Crippen LogP contribution < -0.4 is 5.32 Å². The lowest BCUT2D eigenvalue weighted by atomic mass is 9.77. The number of rotatable bonds is 6. The average molecular weight is 598 g/mol. The summed E-state index contributed by atoms with van der Waals surface area (Å²) in [6.45, 7) is 12.7. The second-order valence-electron chi connectivity index (χ2n) is 13.8. The number of piperidine rings is 1. The summed E-state index contributed by atoms with van der Waals surface area (Å²) < 4.78 is 7.50. The zero-order valence-electron chi connectivity index (χ0n) is 26.6. The first-order chi connectivity index (χ1) is 20.8. The van der Waals surface area contributed by atoms with Gasteiger partial charge in [-0.15, -0.1) is 0 Å². The summed E-state index contributed by atoms with van der Waals surface area (Å²) in [5.41, 5.74) is 4.48. The van der Waals surface area contributed by atoms with Gasteiger partial charge in [-0.25, -0.2) is 4.79 Å². The monoisotopic (exact) mass is 597 g/mol. The van der Waals surface area contributed by atoms with Crippen molar-refractivity contribution in [1.29, 1.82) is 0 Å². The van der Waals surface area contributed by atoms with Crippen LogP contribution in [0.3, 0.4) is 0 Å². The number of allylic oxidation sites excluding steroid dienone is 2. The molecule has 232 valence electrons. The normalized spacial score (nSPS) is 22.9. The van der Waals surface area contributed by atoms with Gasteiger partial charge in [0, 0.05) is 42.7 Å². The van der Waals surface area contributed by atoms with Crippen LogP contribution >= 0.6 is 0 Å². The smallest absolute Gasteiger partial charge is 0.410 e. The molecule has 1 aromatic carbocycles. The van der Waals surface area contributed by atoms with Crippen molar-refractivity contribution in [3.05, 3.63) is 65.6 Å². The fourth-order valence-corrected chi connectivity index (χ4v) is 6.04. The largest absolute Gasteiger partial charge is 0.444 e. The molecule has 3 heterocycles. The van der Waals surface area contributed by atoms with E-state index in [-0.39, 0.29) is 29.8 Å². The van der Waals surface area contributed by atoms with Gasteiger partial charge in [0.1, 0.15) is 5.60 Å². The molecule has 1 amide bonds. The quantitative estimate of drug-likeness (QED) is 0.293. The third kappa shape index (κ3) is 6.02. The summed E-state index contributed by atoms with van der Waals surface area (Å²) in [7, 11) is 0. The van der Waals surface area contributed by atoms with E-state index in [9.17, 15) is 14.7 Å². The number of Topliss-reactive ketones (excluding diaryl/α,β-unsaturated/α-hetero) is 1. The molecule has 1 saturated heterocycles. The number of carbonyl (C=O) groups is 2. The number of aromatic nitrogens is 3. The lowest BCUT2D eigenvalue weighted by Gasteiger charge is -2.33. The average Bonchev–Trinajstić information content (AvgIpc) is 3.73. The summed E-state index contributed by atoms with van der Waals surface area (Å²) in [6.07, 6.45) is 12.7. The zero-order chi connectivity index (χ0) is 31.4. The van der Waals surface area contributed by atoms with Crippen molar-refractivity contribution in [3.8, 4) is 0 Å². The van der Waals surface area contributed by atoms with Gasteiger partial charge >= 0.3 is 6.09 Å². The third-order valence-corrected chi connectivity index (χ3v) is 9.26. The highest BCUT2D eigenvalue weighted by Crippen LogP contribution is 2.40. The predicted molar refractivity (Wildman–Crippen MR) is 172 cm³/mol. The first-order valence-electron chi connectivity index (χ1n) is 15.7. The Labute approximate surface area is 259 Å². The molecule has 2 unspecified atom stereocenters. The topological polar surface area (TPSA) is 110 Å². The number of aliphatic hydroxyl groups is 1. The maximum absolute atomic E-state index is 13.4. The first-order valence-corrected chi connectivity index (χ1v) is 15.7. The molecular weight excluding hydrogens is 554 g/mol. The van der Waals surface area contributed by atoms with Gasteiger partial charge in [-0.2, -0.15) is 5.10 Å². The maximum atomic E-state index is 13.4. The van der Waals surface area contributed by atoms with Crippen molar-refractivity contribution < 1.29 is 19.4 Å². The molecule has 2 aromatic heterocycles. The van der Waals surface area contributed by atoms with E-state index in [0.29, 0.717) is 18.7 Å². The second-order valence-corrected chi connectivity index (χ2v) is 13.8. The van der Waals surface area contributed by atoms with Crippen LogP contribution in [0.2, 0.25) is 0 Å². The van der Waals surface area contributed by atoms with Crippen molar-refractivity contribution in [2.24, 2.45) is 11.8 Å². The molecule has 3 aromatic rings. The van der Waals surface area contributed by atoms with Gasteiger partial charge in [0.25, 0.3) is 0 Å². The molecule has 0 spiro atoms. The maximum Gasteiger partial charge on any atom is 0.410 e. The number of likely N-dealkylation sites (tertiary alicyclic amines) is 1. The highest BCUT2D eigenvalue weighted by molar-refractivity contribution is 6.11. The number of carbonyl (C=O) groups excluding carboxylic acids is 2. The Kier molecular flexibility index (Phi) is 7.64. The standard InChI is InChI=1S/C35H43N5O4/c1-21-15-25(16-22(2)35(21,6)43)24-9-10-30-28(17-24)31(29(19-36-30)32(41)23-7-8-23)38-26-18-37-40(20-26)27-11-13-39(14-12-27)33(42)44-34(3,4)5/h9-10,15-21,23,27,43H,7-8,11-14H2,1-6H3,(H,36,38). The van der Waals surface area contributed by atoms with Crippen LogP contribution in [0, 0.1) is 11.8 Å². The Bertz CT molecular complexity index is 1670. The van der Waals surface area contributed by atoms with E-state index >= 15 is 0 Å². The number of hydrogen-bond acceptors (Lipinski definition) is 7. The fraction of sp³-hybridized carbons (Fsp3) is 0.486. The number of ether oxygens (including phenoxy) is 1. The van der Waals surface area contributed by atoms with Crippen LogP contribution in [0.15, 0.2) is 54.5 Å². The molecule has 3 aliphatic rings. The van der Waals surface area contributed by atoms with Gasteiger partial charge < -0.3 is 20.1 Å². The van der Waals surface area contributed by atoms with Gasteiger partial charge in [0.15, 0.2) is 5.78 Å². The molecule has 44 heavy (non-hydrogen) atoms. The fourth-order valence-electron chi connectivity index (χ4n) is 6.04. The SMILES string of the molecule is CC1=CC(c2ccc3ncc(C(=O)C4CC4)c(Nc4cnn(C5CCN(C(=O)OC(C)(C)C)CC5)c4)c3c2)=CC(C)C1(C)O. The molecule has 0 radical (unpaired) electrons. The first kappa shape index (κ1) is 30.1. The zero-order valence-corrected chi connectivity index (χ0v) is 26.6. The molecular formula is C35H43N5O4. The number of amides is 1. The van der Waals surface area contributed by atoms with Crippen molar-refractivity contribution >= 4 is 39.7 Å². The summed E-state index contributed by atoms with van der Waals surface area (Å²) in [5.74, 6) is 0.121. The lowest BCUT2D eigenvalue weighted by molar-refractivity contribution is 0.0184. The highest BCUT2D eigenvalue weighted by Gasteiger charge is 2.34. The second kappa shape index (κ2) is 11.2. The molecule has 2 aliphatic carbocycles. The number of pyridine rings is 1. The van der Waals surface area contributed by atoms with Crippen molar-refractivity contribution in [3.63, 3.8) is 0 Å². The van der Waals surface area contributed by atoms with E-state index in [4.69, 9.17) is 4.74 Å². The van der Waals surface area contributed by atoms with Crippen LogP contribution in [0.1, 0.15) is 89.2 Å². The van der Waals surface area contributed by atoms with Crippen LogP contribution in [-0.2, 0) is 4.74 Å². The lowest BCUT2D eigenvalue weighted by Crippen LogP contribution is -2.42. The highest BCUT2D eigenvalue weighted by atomic mass is 16.6. The van der Waals surface area contributed by atoms with Crippen LogP contribution in [0.4, 0.5) is 16.2 Å². The molecule has 2 N–H and O–H groups in total. The number of fused-ring (bicyclic) bond motifs is 1. The van der Waals surface area contributed by atoms with E-state index in [2.05, 4.69) is 27.5 Å². The van der Waals surface area contributed by atoms with Crippen LogP contribution in [0.25, 0.3) is 16.5 Å². The van der Waals surface area contributed by atoms with Gasteiger partial charge in [-0.3, -0.25) is 14.5 Å². The summed E-state index contributed by atoms with van der Waals surface area (Å²) in [6, 6.07) is 6.29. The molecule has 2 fully saturated rings. The molecule has 9 nitrogen and oxygen atoms in total. The van der Waals surface area contributed by atoms with E-state index in [1.807, 2.05) is 70.6 Å². The summed E-state index contributed by atoms with van der Waals surface area (Å²) in [4.78, 5) is 32.4. The Hall–Kier alpha value is -3.98. The molecule has 9 heteroatoms. The number of nitrogens with zero attached hydrogens (tertiary/aromatic N) is 4. The third-order valence-electron chi connectivity index (χ3n) is 9.26. The van der Waals surface area contributed by atoms with Crippen molar-refractivity contribution in [1.82, 2.24) is 19.7 Å². The predicted octanol–water partition coefficient (Wildman–Crippen LogP) is 7.07. The van der Waals surface area contributed by atoms with Gasteiger partial charge in [-0.1, -0.05) is 25.1 Å². The molecule has 1 aliphatic heterocycles. The number of ketones is 1. The molecule has 1 saturated carbocycles. The minimum atomic E-state index is -0.884. The number of anilines is 2. The van der Waals surface area contributed by atoms with Crippen molar-refractivity contribution in [2.75, 3.05) is 18.4 Å². The minimum Gasteiger partial charge on any atom is -0.444 e. The van der Waals surface area contributed by atoms with Gasteiger partial charge in [0.2, 0.25) is 0 Å². The van der Waals surface area contributed by atoms with Crippen LogP contribution in [0.5, 0.6) is 0 Å². The van der Waals surface area contributed by atoms with Gasteiger partial charge in [0.05, 0.1) is 40.3 Å². The minimum absolute atomic E-state index is 0.0430. The van der Waals surface area contributed by atoms with E-state index in [1.165, 1.54) is 0 Å². The molecule has 0 bridgehead atoms. The number of benzene rings is 1. The molecule has 2 atom stereocenters. The Morgan fingerprint density at radius 1 is 1.11 bits per heavy atom. The van der Waals surface area contributed by atoms with Crippen molar-refractivity contribution in [2.45, 2.75) is 84.5 Å². The summed E-state index contributed by atoms with van der Waals surface area (Å²) in [5, 5.41) is 20.0. The van der Waals surface area contributed by atoms with E-state index < -0.39 is 11.2 Å². The molecule has 6 rings (SSSR count). The number of hydrogen-bond donors (Lipinski definition) is 2. The van der Waals surface area contributed by atoms with Gasteiger partial charge in [-0.05, 0) is 89.1 Å². The van der Waals surface area contributed by atoms with Crippen LogP contribution in [-0.4, -0.2) is 60.9 Å². The summed E-state index contributed by atoms with van der Waals surface area (Å²) >= 11 is 0. The number of nitrogens with one attached hydrogen (secondary N) is 1.